The Balaban J connectivity index is 2.40. The molecule has 0 radical (unpaired) electrons. The number of hydrogen-bond acceptors (Lipinski definition) is 1. The molecule has 0 N–H and O–H groups in total. The maximum absolute atomic E-state index is 4.28. The summed E-state index contributed by atoms with van der Waals surface area (Å²) in [7, 11) is 1.97. The lowest BCUT2D eigenvalue weighted by Crippen LogP contribution is -2.10. The predicted octanol–water partition coefficient (Wildman–Crippen LogP) is 3.69. The van der Waals surface area contributed by atoms with Gasteiger partial charge in [-0.05, 0) is 23.5 Å². The molecule has 2 heteroatoms. The maximum Gasteiger partial charge on any atom is 0.0571 e. The van der Waals surface area contributed by atoms with Crippen LogP contribution in [-0.2, 0) is 12.5 Å². The van der Waals surface area contributed by atoms with Crippen molar-refractivity contribution in [1.29, 1.82) is 0 Å². The SMILES string of the molecule is Cc1c(-c2ccc(C(C)(C)C)cc2)cnn1C. The van der Waals surface area contributed by atoms with Crippen LogP contribution in [0.3, 0.4) is 0 Å². The Morgan fingerprint density at radius 3 is 2.06 bits per heavy atom. The zero-order valence-corrected chi connectivity index (χ0v) is 11.3. The minimum absolute atomic E-state index is 0.211. The van der Waals surface area contributed by atoms with Gasteiger partial charge in [0.2, 0.25) is 0 Å². The van der Waals surface area contributed by atoms with E-state index in [2.05, 4.69) is 57.1 Å². The Labute approximate surface area is 103 Å². The zero-order valence-electron chi connectivity index (χ0n) is 11.3. The highest BCUT2D eigenvalue weighted by Gasteiger charge is 2.13. The van der Waals surface area contributed by atoms with Gasteiger partial charge in [0.1, 0.15) is 0 Å². The summed E-state index contributed by atoms with van der Waals surface area (Å²) in [4.78, 5) is 0. The fraction of sp³-hybridized carbons (Fsp3) is 0.400. The van der Waals surface area contributed by atoms with Crippen molar-refractivity contribution < 1.29 is 0 Å². The average molecular weight is 228 g/mol. The van der Waals surface area contributed by atoms with E-state index < -0.39 is 0 Å². The Bertz CT molecular complexity index is 513. The van der Waals surface area contributed by atoms with Crippen molar-refractivity contribution in [2.45, 2.75) is 33.1 Å². The second kappa shape index (κ2) is 4.02. The van der Waals surface area contributed by atoms with Gasteiger partial charge in [-0.3, -0.25) is 4.68 Å². The van der Waals surface area contributed by atoms with E-state index in [0.717, 1.165) is 0 Å². The van der Waals surface area contributed by atoms with Gasteiger partial charge in [0.15, 0.2) is 0 Å². The molecule has 0 aliphatic heterocycles. The molecule has 17 heavy (non-hydrogen) atoms. The van der Waals surface area contributed by atoms with Gasteiger partial charge in [-0.1, -0.05) is 45.0 Å². The lowest BCUT2D eigenvalue weighted by molar-refractivity contribution is 0.590. The quantitative estimate of drug-likeness (QED) is 0.728. The smallest absolute Gasteiger partial charge is 0.0571 e. The van der Waals surface area contributed by atoms with Crippen molar-refractivity contribution in [2.75, 3.05) is 0 Å². The first-order valence-corrected chi connectivity index (χ1v) is 5.99. The number of aryl methyl sites for hydroxylation is 1. The molecule has 1 heterocycles. The van der Waals surface area contributed by atoms with E-state index in [1.165, 1.54) is 22.4 Å². The van der Waals surface area contributed by atoms with Crippen LogP contribution < -0.4 is 0 Å². The molecule has 1 aromatic heterocycles. The summed E-state index contributed by atoms with van der Waals surface area (Å²) in [5, 5.41) is 4.28. The van der Waals surface area contributed by atoms with Gasteiger partial charge < -0.3 is 0 Å². The molecule has 0 aliphatic rings. The lowest BCUT2D eigenvalue weighted by atomic mass is 9.86. The van der Waals surface area contributed by atoms with Crippen LogP contribution in [-0.4, -0.2) is 9.78 Å². The van der Waals surface area contributed by atoms with Crippen LogP contribution in [0.25, 0.3) is 11.1 Å². The molecule has 2 rings (SSSR count). The molecule has 0 saturated carbocycles. The van der Waals surface area contributed by atoms with E-state index >= 15 is 0 Å². The highest BCUT2D eigenvalue weighted by atomic mass is 15.3. The van der Waals surface area contributed by atoms with Crippen molar-refractivity contribution >= 4 is 0 Å². The van der Waals surface area contributed by atoms with Gasteiger partial charge in [-0.25, -0.2) is 0 Å². The van der Waals surface area contributed by atoms with Crippen LogP contribution in [0.2, 0.25) is 0 Å². The summed E-state index contributed by atoms with van der Waals surface area (Å²) in [6.45, 7) is 8.80. The van der Waals surface area contributed by atoms with Crippen molar-refractivity contribution in [2.24, 2.45) is 7.05 Å². The Kier molecular flexibility index (Phi) is 2.82. The van der Waals surface area contributed by atoms with Crippen LogP contribution in [0.15, 0.2) is 30.5 Å². The van der Waals surface area contributed by atoms with E-state index in [4.69, 9.17) is 0 Å². The van der Waals surface area contributed by atoms with E-state index in [1.807, 2.05) is 17.9 Å². The Morgan fingerprint density at radius 2 is 1.65 bits per heavy atom. The molecule has 0 fully saturated rings. The van der Waals surface area contributed by atoms with E-state index in [1.54, 1.807) is 0 Å². The fourth-order valence-electron chi connectivity index (χ4n) is 1.93. The molecule has 0 amide bonds. The third kappa shape index (κ3) is 2.26. The third-order valence-electron chi connectivity index (χ3n) is 3.30. The molecule has 0 spiro atoms. The van der Waals surface area contributed by atoms with Crippen molar-refractivity contribution in [3.8, 4) is 11.1 Å². The highest BCUT2D eigenvalue weighted by Crippen LogP contribution is 2.27. The molecule has 2 aromatic rings. The summed E-state index contributed by atoms with van der Waals surface area (Å²) in [6.07, 6.45) is 1.93. The summed E-state index contributed by atoms with van der Waals surface area (Å²) >= 11 is 0. The molecule has 0 bridgehead atoms. The second-order valence-corrected chi connectivity index (χ2v) is 5.59. The summed E-state index contributed by atoms with van der Waals surface area (Å²) in [5.41, 5.74) is 5.23. The van der Waals surface area contributed by atoms with E-state index in [0.29, 0.717) is 0 Å². The molecule has 90 valence electrons. The van der Waals surface area contributed by atoms with E-state index in [9.17, 15) is 0 Å². The molecule has 0 atom stereocenters. The minimum Gasteiger partial charge on any atom is -0.272 e. The van der Waals surface area contributed by atoms with Gasteiger partial charge in [0.25, 0.3) is 0 Å². The topological polar surface area (TPSA) is 17.8 Å². The van der Waals surface area contributed by atoms with Gasteiger partial charge in [-0.2, -0.15) is 5.10 Å². The number of benzene rings is 1. The van der Waals surface area contributed by atoms with Crippen LogP contribution in [0.1, 0.15) is 32.0 Å². The lowest BCUT2D eigenvalue weighted by Gasteiger charge is -2.19. The summed E-state index contributed by atoms with van der Waals surface area (Å²) < 4.78 is 1.91. The molecule has 0 unspecified atom stereocenters. The van der Waals surface area contributed by atoms with E-state index in [-0.39, 0.29) is 5.41 Å². The molecular formula is C15H20N2. The zero-order chi connectivity index (χ0) is 12.6. The first-order chi connectivity index (χ1) is 7.89. The molecule has 1 aromatic carbocycles. The largest absolute Gasteiger partial charge is 0.272 e. The number of aromatic nitrogens is 2. The number of hydrogen-bond donors (Lipinski definition) is 0. The minimum atomic E-state index is 0.211. The first kappa shape index (κ1) is 11.9. The van der Waals surface area contributed by atoms with Gasteiger partial charge in [0, 0.05) is 18.3 Å². The van der Waals surface area contributed by atoms with Crippen molar-refractivity contribution in [3.63, 3.8) is 0 Å². The standard InChI is InChI=1S/C15H20N2/c1-11-14(10-16-17(11)5)12-6-8-13(9-7-12)15(2,3)4/h6-10H,1-5H3. The normalized spacial score (nSPS) is 11.8. The van der Waals surface area contributed by atoms with Crippen LogP contribution >= 0.6 is 0 Å². The maximum atomic E-state index is 4.28. The molecule has 2 nitrogen and oxygen atoms in total. The summed E-state index contributed by atoms with van der Waals surface area (Å²) in [5.74, 6) is 0. The third-order valence-corrected chi connectivity index (χ3v) is 3.30. The molecule has 0 aliphatic carbocycles. The van der Waals surface area contributed by atoms with Crippen molar-refractivity contribution in [3.05, 3.63) is 41.7 Å². The predicted molar refractivity (Wildman–Crippen MR) is 72.1 cm³/mol. The number of rotatable bonds is 1. The first-order valence-electron chi connectivity index (χ1n) is 5.99. The van der Waals surface area contributed by atoms with Crippen LogP contribution in [0.5, 0.6) is 0 Å². The molecule has 0 saturated heterocycles. The number of nitrogens with zero attached hydrogens (tertiary/aromatic N) is 2. The van der Waals surface area contributed by atoms with Gasteiger partial charge >= 0.3 is 0 Å². The van der Waals surface area contributed by atoms with Crippen LogP contribution in [0.4, 0.5) is 0 Å². The molecular weight excluding hydrogens is 208 g/mol. The van der Waals surface area contributed by atoms with Gasteiger partial charge in [-0.15, -0.1) is 0 Å². The van der Waals surface area contributed by atoms with Gasteiger partial charge in [0.05, 0.1) is 6.20 Å². The highest BCUT2D eigenvalue weighted by molar-refractivity contribution is 5.65. The fourth-order valence-corrected chi connectivity index (χ4v) is 1.93. The monoisotopic (exact) mass is 228 g/mol. The van der Waals surface area contributed by atoms with Crippen LogP contribution in [0, 0.1) is 6.92 Å². The summed E-state index contributed by atoms with van der Waals surface area (Å²) in [6, 6.07) is 8.79. The second-order valence-electron chi connectivity index (χ2n) is 5.59. The Morgan fingerprint density at radius 1 is 1.06 bits per heavy atom. The average Bonchev–Trinajstić information content (AvgIpc) is 2.59. The Hall–Kier alpha value is -1.57. The van der Waals surface area contributed by atoms with Crippen molar-refractivity contribution in [1.82, 2.24) is 9.78 Å².